The molecule has 0 saturated carbocycles. The van der Waals surface area contributed by atoms with Crippen LogP contribution in [0.15, 0.2) is 54.6 Å². The molecule has 0 amide bonds. The Morgan fingerprint density at radius 1 is 1.00 bits per heavy atom. The standard InChI is InChI=1S/C18H21F3N2O/c19-18(20,21)15-8-4-7-14(9-15)11-23-12-17(24)16(22)10-13-5-2-1-3-6-13/h1-9,16-17,23-24H,10-12,22H2/t16?,17-/m1/s1. The van der Waals surface area contributed by atoms with Gasteiger partial charge in [-0.2, -0.15) is 13.2 Å². The van der Waals surface area contributed by atoms with Gasteiger partial charge in [0.15, 0.2) is 0 Å². The first-order chi connectivity index (χ1) is 11.4. The van der Waals surface area contributed by atoms with Crippen LogP contribution in [0.4, 0.5) is 13.2 Å². The average Bonchev–Trinajstić information content (AvgIpc) is 2.55. The number of rotatable bonds is 7. The summed E-state index contributed by atoms with van der Waals surface area (Å²) < 4.78 is 38.0. The van der Waals surface area contributed by atoms with Crippen molar-refractivity contribution < 1.29 is 18.3 Å². The molecule has 2 atom stereocenters. The van der Waals surface area contributed by atoms with E-state index in [9.17, 15) is 18.3 Å². The Morgan fingerprint density at radius 3 is 2.33 bits per heavy atom. The molecule has 0 heterocycles. The van der Waals surface area contributed by atoms with Crippen LogP contribution in [0.3, 0.4) is 0 Å². The lowest BCUT2D eigenvalue weighted by atomic mass is 10.0. The molecule has 3 nitrogen and oxygen atoms in total. The van der Waals surface area contributed by atoms with Crippen molar-refractivity contribution in [3.8, 4) is 0 Å². The summed E-state index contributed by atoms with van der Waals surface area (Å²) in [4.78, 5) is 0. The van der Waals surface area contributed by atoms with Gasteiger partial charge in [-0.1, -0.05) is 48.5 Å². The van der Waals surface area contributed by atoms with E-state index in [1.807, 2.05) is 30.3 Å². The van der Waals surface area contributed by atoms with Crippen LogP contribution in [0.2, 0.25) is 0 Å². The predicted octanol–water partition coefficient (Wildman–Crippen LogP) is 2.73. The summed E-state index contributed by atoms with van der Waals surface area (Å²) in [5.41, 5.74) is 6.83. The van der Waals surface area contributed by atoms with Crippen molar-refractivity contribution >= 4 is 0 Å². The molecular formula is C18H21F3N2O. The molecule has 2 aromatic rings. The highest BCUT2D eigenvalue weighted by Crippen LogP contribution is 2.29. The summed E-state index contributed by atoms with van der Waals surface area (Å²) >= 11 is 0. The van der Waals surface area contributed by atoms with Crippen LogP contribution in [-0.2, 0) is 19.1 Å². The second-order valence-electron chi connectivity index (χ2n) is 5.75. The molecule has 0 radical (unpaired) electrons. The van der Waals surface area contributed by atoms with Crippen LogP contribution in [-0.4, -0.2) is 23.8 Å². The molecule has 4 N–H and O–H groups in total. The maximum Gasteiger partial charge on any atom is 0.416 e. The van der Waals surface area contributed by atoms with Crippen molar-refractivity contribution in [3.63, 3.8) is 0 Å². The van der Waals surface area contributed by atoms with E-state index in [1.54, 1.807) is 6.07 Å². The lowest BCUT2D eigenvalue weighted by Crippen LogP contribution is -2.43. The topological polar surface area (TPSA) is 58.3 Å². The smallest absolute Gasteiger partial charge is 0.390 e. The van der Waals surface area contributed by atoms with E-state index in [4.69, 9.17) is 5.73 Å². The quantitative estimate of drug-likeness (QED) is 0.728. The summed E-state index contributed by atoms with van der Waals surface area (Å²) in [7, 11) is 0. The first kappa shape index (κ1) is 18.4. The number of nitrogens with one attached hydrogen (secondary N) is 1. The van der Waals surface area contributed by atoms with Gasteiger partial charge in [-0.05, 0) is 23.6 Å². The van der Waals surface area contributed by atoms with Gasteiger partial charge in [-0.15, -0.1) is 0 Å². The molecular weight excluding hydrogens is 317 g/mol. The summed E-state index contributed by atoms with van der Waals surface area (Å²) in [6, 6.07) is 14.3. The van der Waals surface area contributed by atoms with E-state index in [0.717, 1.165) is 17.7 Å². The van der Waals surface area contributed by atoms with Crippen LogP contribution in [0, 0.1) is 0 Å². The Morgan fingerprint density at radius 2 is 1.67 bits per heavy atom. The minimum atomic E-state index is -4.35. The SMILES string of the molecule is NC(Cc1ccccc1)[C@H](O)CNCc1cccc(C(F)(F)F)c1. The second-order valence-corrected chi connectivity index (χ2v) is 5.75. The molecule has 6 heteroatoms. The lowest BCUT2D eigenvalue weighted by molar-refractivity contribution is -0.137. The molecule has 2 rings (SSSR count). The minimum absolute atomic E-state index is 0.213. The number of hydrogen-bond donors (Lipinski definition) is 3. The van der Waals surface area contributed by atoms with Crippen molar-refractivity contribution in [1.82, 2.24) is 5.32 Å². The number of halogens is 3. The summed E-state index contributed by atoms with van der Waals surface area (Å²) in [6.45, 7) is 0.448. The van der Waals surface area contributed by atoms with Gasteiger partial charge in [0.25, 0.3) is 0 Å². The molecule has 1 unspecified atom stereocenters. The van der Waals surface area contributed by atoms with Gasteiger partial charge in [-0.3, -0.25) is 0 Å². The monoisotopic (exact) mass is 338 g/mol. The number of aliphatic hydroxyl groups excluding tert-OH is 1. The van der Waals surface area contributed by atoms with Crippen LogP contribution < -0.4 is 11.1 Å². The molecule has 24 heavy (non-hydrogen) atoms. The van der Waals surface area contributed by atoms with Crippen LogP contribution in [0.25, 0.3) is 0 Å². The highest BCUT2D eigenvalue weighted by atomic mass is 19.4. The number of hydrogen-bond acceptors (Lipinski definition) is 3. The molecule has 0 aliphatic rings. The zero-order valence-corrected chi connectivity index (χ0v) is 13.1. The Labute approximate surface area is 139 Å². The summed E-state index contributed by atoms with van der Waals surface area (Å²) in [6.07, 6.45) is -4.60. The Bertz CT molecular complexity index is 632. The van der Waals surface area contributed by atoms with Gasteiger partial charge < -0.3 is 16.2 Å². The zero-order chi connectivity index (χ0) is 17.6. The summed E-state index contributed by atoms with van der Waals surface area (Å²) in [5.74, 6) is 0. The Hall–Kier alpha value is -1.89. The van der Waals surface area contributed by atoms with Gasteiger partial charge in [-0.25, -0.2) is 0 Å². The third kappa shape index (κ3) is 5.63. The van der Waals surface area contributed by atoms with Crippen molar-refractivity contribution in [2.75, 3.05) is 6.54 Å². The van der Waals surface area contributed by atoms with E-state index in [1.165, 1.54) is 6.07 Å². The van der Waals surface area contributed by atoms with Crippen molar-refractivity contribution in [3.05, 3.63) is 71.3 Å². The van der Waals surface area contributed by atoms with Crippen molar-refractivity contribution in [2.45, 2.75) is 31.3 Å². The maximum absolute atomic E-state index is 12.7. The molecule has 0 aliphatic carbocycles. The largest absolute Gasteiger partial charge is 0.416 e. The van der Waals surface area contributed by atoms with E-state index < -0.39 is 23.9 Å². The fraction of sp³-hybridized carbons (Fsp3) is 0.333. The molecule has 0 aromatic heterocycles. The van der Waals surface area contributed by atoms with Gasteiger partial charge >= 0.3 is 6.18 Å². The highest BCUT2D eigenvalue weighted by molar-refractivity contribution is 5.25. The van der Waals surface area contributed by atoms with Crippen molar-refractivity contribution in [2.24, 2.45) is 5.73 Å². The van der Waals surface area contributed by atoms with Crippen LogP contribution in [0.1, 0.15) is 16.7 Å². The Kier molecular flexibility index (Phi) is 6.36. The third-order valence-electron chi connectivity index (χ3n) is 3.75. The van der Waals surface area contributed by atoms with E-state index in [0.29, 0.717) is 12.0 Å². The number of nitrogens with two attached hydrogens (primary N) is 1. The zero-order valence-electron chi connectivity index (χ0n) is 13.1. The number of alkyl halides is 3. The van der Waals surface area contributed by atoms with E-state index in [2.05, 4.69) is 5.32 Å². The second kappa shape index (κ2) is 8.28. The van der Waals surface area contributed by atoms with Crippen LogP contribution in [0.5, 0.6) is 0 Å². The Balaban J connectivity index is 1.81. The third-order valence-corrected chi connectivity index (χ3v) is 3.75. The van der Waals surface area contributed by atoms with Crippen molar-refractivity contribution in [1.29, 1.82) is 0 Å². The fourth-order valence-electron chi connectivity index (χ4n) is 2.40. The van der Waals surface area contributed by atoms with E-state index in [-0.39, 0.29) is 13.1 Å². The van der Waals surface area contributed by atoms with Crippen LogP contribution >= 0.6 is 0 Å². The first-order valence-electron chi connectivity index (χ1n) is 7.70. The number of benzene rings is 2. The predicted molar refractivity (Wildman–Crippen MR) is 87.3 cm³/mol. The average molecular weight is 338 g/mol. The van der Waals surface area contributed by atoms with Gasteiger partial charge in [0.2, 0.25) is 0 Å². The lowest BCUT2D eigenvalue weighted by Gasteiger charge is -2.19. The summed E-state index contributed by atoms with van der Waals surface area (Å²) in [5, 5.41) is 13.0. The van der Waals surface area contributed by atoms with Gasteiger partial charge in [0, 0.05) is 19.1 Å². The fourth-order valence-corrected chi connectivity index (χ4v) is 2.40. The molecule has 0 saturated heterocycles. The normalized spacial score (nSPS) is 14.4. The van der Waals surface area contributed by atoms with Gasteiger partial charge in [0.1, 0.15) is 0 Å². The highest BCUT2D eigenvalue weighted by Gasteiger charge is 2.30. The molecule has 0 bridgehead atoms. The molecule has 130 valence electrons. The molecule has 0 fully saturated rings. The van der Waals surface area contributed by atoms with Gasteiger partial charge in [0.05, 0.1) is 11.7 Å². The molecule has 0 aliphatic heterocycles. The van der Waals surface area contributed by atoms with E-state index >= 15 is 0 Å². The molecule has 2 aromatic carbocycles. The minimum Gasteiger partial charge on any atom is -0.390 e. The molecule has 0 spiro atoms. The number of aliphatic hydroxyl groups is 1. The maximum atomic E-state index is 12.7. The first-order valence-corrected chi connectivity index (χ1v) is 7.70.